The molecule has 0 saturated heterocycles. The van der Waals surface area contributed by atoms with Gasteiger partial charge in [0.1, 0.15) is 0 Å². The quantitative estimate of drug-likeness (QED) is 0.493. The average Bonchev–Trinajstić information content (AvgIpc) is 3.06. The standard InChI is InChI=1S/C20H21N3O2S/c1-13(16-10-11-17(24-3)18(12-16)25-4)22-23-20-21-19(14(2)26-20)15-8-6-5-7-9-15/h5-12H,1-4H3,(H,21,23)/b22-13-. The molecule has 1 heterocycles. The molecular weight excluding hydrogens is 346 g/mol. The van der Waals surface area contributed by atoms with E-state index in [2.05, 4.69) is 34.6 Å². The van der Waals surface area contributed by atoms with Gasteiger partial charge in [0.25, 0.3) is 0 Å². The lowest BCUT2D eigenvalue weighted by atomic mass is 10.1. The van der Waals surface area contributed by atoms with Crippen molar-refractivity contribution in [3.63, 3.8) is 0 Å². The summed E-state index contributed by atoms with van der Waals surface area (Å²) in [5, 5.41) is 5.23. The van der Waals surface area contributed by atoms with Crippen molar-refractivity contribution in [2.24, 2.45) is 5.10 Å². The second-order valence-electron chi connectivity index (χ2n) is 5.67. The topological polar surface area (TPSA) is 55.7 Å². The van der Waals surface area contributed by atoms with E-state index in [9.17, 15) is 0 Å². The molecule has 1 aromatic heterocycles. The number of benzene rings is 2. The molecule has 26 heavy (non-hydrogen) atoms. The van der Waals surface area contributed by atoms with Gasteiger partial charge in [-0.25, -0.2) is 4.98 Å². The molecule has 0 aliphatic heterocycles. The van der Waals surface area contributed by atoms with Crippen molar-refractivity contribution in [2.45, 2.75) is 13.8 Å². The Morgan fingerprint density at radius 2 is 1.77 bits per heavy atom. The molecule has 0 spiro atoms. The Morgan fingerprint density at radius 3 is 2.46 bits per heavy atom. The molecule has 0 amide bonds. The van der Waals surface area contributed by atoms with Crippen LogP contribution >= 0.6 is 11.3 Å². The van der Waals surface area contributed by atoms with Gasteiger partial charge in [-0.3, -0.25) is 5.43 Å². The van der Waals surface area contributed by atoms with Crippen molar-refractivity contribution in [3.05, 3.63) is 59.0 Å². The highest BCUT2D eigenvalue weighted by atomic mass is 32.1. The van der Waals surface area contributed by atoms with Crippen molar-refractivity contribution < 1.29 is 9.47 Å². The van der Waals surface area contributed by atoms with Gasteiger partial charge in [-0.15, -0.1) is 11.3 Å². The van der Waals surface area contributed by atoms with Gasteiger partial charge in [-0.1, -0.05) is 30.3 Å². The molecule has 0 bridgehead atoms. The van der Waals surface area contributed by atoms with E-state index in [0.29, 0.717) is 11.5 Å². The zero-order valence-electron chi connectivity index (χ0n) is 15.2. The largest absolute Gasteiger partial charge is 0.493 e. The molecule has 0 atom stereocenters. The van der Waals surface area contributed by atoms with Crippen molar-refractivity contribution in [1.82, 2.24) is 4.98 Å². The number of nitrogens with zero attached hydrogens (tertiary/aromatic N) is 2. The van der Waals surface area contributed by atoms with Crippen LogP contribution in [0.3, 0.4) is 0 Å². The lowest BCUT2D eigenvalue weighted by Crippen LogP contribution is -2.01. The first-order valence-corrected chi connectivity index (χ1v) is 8.99. The molecule has 6 heteroatoms. The Hall–Kier alpha value is -2.86. The summed E-state index contributed by atoms with van der Waals surface area (Å²) in [6, 6.07) is 15.9. The Morgan fingerprint density at radius 1 is 1.04 bits per heavy atom. The SMILES string of the molecule is COc1ccc(/C(C)=N\Nc2nc(-c3ccccc3)c(C)s2)cc1OC. The smallest absolute Gasteiger partial charge is 0.204 e. The summed E-state index contributed by atoms with van der Waals surface area (Å²) in [6.45, 7) is 4.00. The number of aromatic nitrogens is 1. The second kappa shape index (κ2) is 8.01. The number of hydrogen-bond acceptors (Lipinski definition) is 6. The van der Waals surface area contributed by atoms with Gasteiger partial charge in [0.2, 0.25) is 5.13 Å². The highest BCUT2D eigenvalue weighted by molar-refractivity contribution is 7.16. The first-order chi connectivity index (χ1) is 12.6. The van der Waals surface area contributed by atoms with Crippen molar-refractivity contribution in [1.29, 1.82) is 0 Å². The van der Waals surface area contributed by atoms with E-state index in [1.807, 2.05) is 43.3 Å². The fourth-order valence-electron chi connectivity index (χ4n) is 2.57. The zero-order valence-corrected chi connectivity index (χ0v) is 16.1. The van der Waals surface area contributed by atoms with E-state index in [1.165, 1.54) is 0 Å². The lowest BCUT2D eigenvalue weighted by molar-refractivity contribution is 0.355. The van der Waals surface area contributed by atoms with Gasteiger partial charge in [0.15, 0.2) is 11.5 Å². The molecule has 0 fully saturated rings. The van der Waals surface area contributed by atoms with Crippen LogP contribution in [0.1, 0.15) is 17.4 Å². The summed E-state index contributed by atoms with van der Waals surface area (Å²) in [6.07, 6.45) is 0. The lowest BCUT2D eigenvalue weighted by Gasteiger charge is -2.09. The fourth-order valence-corrected chi connectivity index (χ4v) is 3.34. The predicted molar refractivity (Wildman–Crippen MR) is 108 cm³/mol. The van der Waals surface area contributed by atoms with Crippen LogP contribution in [-0.2, 0) is 0 Å². The number of hydrogen-bond donors (Lipinski definition) is 1. The van der Waals surface area contributed by atoms with Gasteiger partial charge in [0, 0.05) is 16.0 Å². The van der Waals surface area contributed by atoms with Gasteiger partial charge < -0.3 is 9.47 Å². The number of anilines is 1. The van der Waals surface area contributed by atoms with Gasteiger partial charge in [-0.05, 0) is 32.0 Å². The van der Waals surface area contributed by atoms with Gasteiger partial charge in [0.05, 0.1) is 25.6 Å². The van der Waals surface area contributed by atoms with E-state index in [4.69, 9.17) is 9.47 Å². The van der Waals surface area contributed by atoms with Crippen molar-refractivity contribution in [3.8, 4) is 22.8 Å². The van der Waals surface area contributed by atoms with Crippen molar-refractivity contribution >= 4 is 22.2 Å². The molecule has 0 aliphatic rings. The minimum atomic E-state index is 0.677. The van der Waals surface area contributed by atoms with Crippen LogP contribution < -0.4 is 14.9 Å². The fraction of sp³-hybridized carbons (Fsp3) is 0.200. The average molecular weight is 367 g/mol. The molecule has 5 nitrogen and oxygen atoms in total. The van der Waals surface area contributed by atoms with E-state index >= 15 is 0 Å². The predicted octanol–water partition coefficient (Wildman–Crippen LogP) is 4.97. The number of nitrogens with one attached hydrogen (secondary N) is 1. The number of aryl methyl sites for hydroxylation is 1. The Balaban J connectivity index is 1.80. The molecule has 2 aromatic carbocycles. The summed E-state index contributed by atoms with van der Waals surface area (Å²) < 4.78 is 10.6. The third-order valence-electron chi connectivity index (χ3n) is 3.96. The van der Waals surface area contributed by atoms with Crippen LogP contribution in [0.5, 0.6) is 11.5 Å². The zero-order chi connectivity index (χ0) is 18.5. The number of methoxy groups -OCH3 is 2. The maximum atomic E-state index is 5.35. The normalized spacial score (nSPS) is 11.3. The summed E-state index contributed by atoms with van der Waals surface area (Å²) >= 11 is 1.59. The maximum Gasteiger partial charge on any atom is 0.204 e. The highest BCUT2D eigenvalue weighted by Gasteiger charge is 2.10. The monoisotopic (exact) mass is 367 g/mol. The van der Waals surface area contributed by atoms with E-state index < -0.39 is 0 Å². The number of thiazole rings is 1. The van der Waals surface area contributed by atoms with Crippen LogP contribution in [0.2, 0.25) is 0 Å². The summed E-state index contributed by atoms with van der Waals surface area (Å²) in [5.74, 6) is 1.37. The van der Waals surface area contributed by atoms with Crippen LogP contribution in [0, 0.1) is 6.92 Å². The number of ether oxygens (including phenoxy) is 2. The molecule has 3 rings (SSSR count). The van der Waals surface area contributed by atoms with Crippen LogP contribution in [0.4, 0.5) is 5.13 Å². The third kappa shape index (κ3) is 3.86. The third-order valence-corrected chi connectivity index (χ3v) is 4.84. The van der Waals surface area contributed by atoms with E-state index in [-0.39, 0.29) is 0 Å². The van der Waals surface area contributed by atoms with Crippen LogP contribution in [0.15, 0.2) is 53.6 Å². The first-order valence-electron chi connectivity index (χ1n) is 8.18. The van der Waals surface area contributed by atoms with E-state index in [1.54, 1.807) is 25.6 Å². The summed E-state index contributed by atoms with van der Waals surface area (Å²) in [4.78, 5) is 5.81. The molecule has 0 aliphatic carbocycles. The molecule has 134 valence electrons. The summed E-state index contributed by atoms with van der Waals surface area (Å²) in [7, 11) is 3.24. The Kier molecular flexibility index (Phi) is 5.53. The number of hydrazone groups is 1. The highest BCUT2D eigenvalue weighted by Crippen LogP contribution is 2.30. The maximum absolute atomic E-state index is 5.35. The van der Waals surface area contributed by atoms with Gasteiger partial charge >= 0.3 is 0 Å². The Bertz CT molecular complexity index is 920. The van der Waals surface area contributed by atoms with Crippen LogP contribution in [-0.4, -0.2) is 24.9 Å². The summed E-state index contributed by atoms with van der Waals surface area (Å²) in [5.41, 5.74) is 6.94. The molecule has 0 saturated carbocycles. The number of rotatable bonds is 6. The minimum absolute atomic E-state index is 0.677. The second-order valence-corrected chi connectivity index (χ2v) is 6.87. The molecule has 3 aromatic rings. The molecule has 0 radical (unpaired) electrons. The molecular formula is C20H21N3O2S. The Labute approximate surface area is 157 Å². The first kappa shape index (κ1) is 17.9. The minimum Gasteiger partial charge on any atom is -0.493 e. The van der Waals surface area contributed by atoms with E-state index in [0.717, 1.165) is 32.5 Å². The molecule has 0 unspecified atom stereocenters. The molecule has 1 N–H and O–H groups in total. The van der Waals surface area contributed by atoms with Crippen LogP contribution in [0.25, 0.3) is 11.3 Å². The van der Waals surface area contributed by atoms with Gasteiger partial charge in [-0.2, -0.15) is 5.10 Å². The van der Waals surface area contributed by atoms with Crippen molar-refractivity contribution in [2.75, 3.05) is 19.6 Å².